The molecule has 3 nitrogen and oxygen atoms in total. The molecule has 0 spiro atoms. The van der Waals surface area contributed by atoms with Crippen LogP contribution in [0, 0.1) is 5.82 Å². The van der Waals surface area contributed by atoms with Crippen molar-refractivity contribution in [2.24, 2.45) is 0 Å². The maximum Gasteiger partial charge on any atom is 0.123 e. The molecule has 3 rings (SSSR count). The van der Waals surface area contributed by atoms with E-state index in [0.717, 1.165) is 13.1 Å². The van der Waals surface area contributed by atoms with E-state index < -0.39 is 0 Å². The minimum atomic E-state index is -0.255. The number of hydrogen-bond donors (Lipinski definition) is 0. The number of nitrogens with zero attached hydrogens (tertiary/aromatic N) is 1. The molecule has 1 aliphatic heterocycles. The van der Waals surface area contributed by atoms with Crippen molar-refractivity contribution in [2.75, 3.05) is 19.8 Å². The molecule has 0 saturated carbocycles. The first-order chi connectivity index (χ1) is 11.2. The first-order valence-corrected chi connectivity index (χ1v) is 7.98. The van der Waals surface area contributed by atoms with E-state index in [1.165, 1.54) is 17.7 Å². The van der Waals surface area contributed by atoms with Crippen molar-refractivity contribution in [3.63, 3.8) is 0 Å². The summed E-state index contributed by atoms with van der Waals surface area (Å²) in [4.78, 5) is 2.41. The number of rotatable bonds is 5. The van der Waals surface area contributed by atoms with Crippen molar-refractivity contribution in [3.05, 3.63) is 66.0 Å². The highest BCUT2D eigenvalue weighted by molar-refractivity contribution is 5.22. The molecular weight excluding hydrogens is 293 g/mol. The Morgan fingerprint density at radius 1 is 1.13 bits per heavy atom. The molecule has 1 heterocycles. The maximum atomic E-state index is 12.9. The third-order valence-electron chi connectivity index (χ3n) is 4.11. The molecule has 0 amide bonds. The molecule has 2 aromatic rings. The molecule has 2 aromatic carbocycles. The van der Waals surface area contributed by atoms with Crippen LogP contribution < -0.4 is 4.74 Å². The molecule has 122 valence electrons. The average Bonchev–Trinajstić information content (AvgIpc) is 2.58. The Morgan fingerprint density at radius 2 is 1.87 bits per heavy atom. The highest BCUT2D eigenvalue weighted by Crippen LogP contribution is 2.17. The fourth-order valence-electron chi connectivity index (χ4n) is 2.73. The Bertz CT molecular complexity index is 603. The number of halogens is 1. The molecule has 0 aliphatic carbocycles. The van der Waals surface area contributed by atoms with Crippen molar-refractivity contribution >= 4 is 0 Å². The van der Waals surface area contributed by atoms with Gasteiger partial charge >= 0.3 is 0 Å². The lowest BCUT2D eigenvalue weighted by Gasteiger charge is -2.37. The molecule has 0 aromatic heterocycles. The zero-order valence-corrected chi connectivity index (χ0v) is 13.3. The van der Waals surface area contributed by atoms with Crippen LogP contribution in [0.2, 0.25) is 0 Å². The standard InChI is InChI=1S/C19H22FNO2/c1-15-13-22-19(14-23-18-9-7-17(20)8-10-18)12-21(15)11-16-5-3-2-4-6-16/h2-10,15,19H,11-14H2,1H3/t15-,19?/m0/s1. The van der Waals surface area contributed by atoms with Gasteiger partial charge in [-0.05, 0) is 36.8 Å². The van der Waals surface area contributed by atoms with Gasteiger partial charge in [0.15, 0.2) is 0 Å². The third kappa shape index (κ3) is 4.53. The molecule has 0 N–H and O–H groups in total. The van der Waals surface area contributed by atoms with Crippen molar-refractivity contribution in [3.8, 4) is 5.75 Å². The molecule has 1 saturated heterocycles. The monoisotopic (exact) mass is 315 g/mol. The van der Waals surface area contributed by atoms with Crippen molar-refractivity contribution < 1.29 is 13.9 Å². The first kappa shape index (κ1) is 16.0. The van der Waals surface area contributed by atoms with Crippen molar-refractivity contribution in [1.82, 2.24) is 4.90 Å². The van der Waals surface area contributed by atoms with E-state index in [2.05, 4.69) is 36.1 Å². The normalized spacial score (nSPS) is 22.0. The van der Waals surface area contributed by atoms with Crippen LogP contribution in [-0.2, 0) is 11.3 Å². The van der Waals surface area contributed by atoms with Crippen LogP contribution >= 0.6 is 0 Å². The van der Waals surface area contributed by atoms with Crippen LogP contribution in [0.3, 0.4) is 0 Å². The van der Waals surface area contributed by atoms with E-state index in [4.69, 9.17) is 9.47 Å². The highest BCUT2D eigenvalue weighted by Gasteiger charge is 2.26. The molecule has 1 aliphatic rings. The van der Waals surface area contributed by atoms with Crippen LogP contribution in [0.5, 0.6) is 5.75 Å². The molecule has 1 fully saturated rings. The summed E-state index contributed by atoms with van der Waals surface area (Å²) < 4.78 is 24.5. The zero-order chi connectivity index (χ0) is 16.1. The summed E-state index contributed by atoms with van der Waals surface area (Å²) in [5.41, 5.74) is 1.31. The van der Waals surface area contributed by atoms with Gasteiger partial charge < -0.3 is 9.47 Å². The fraction of sp³-hybridized carbons (Fsp3) is 0.368. The second kappa shape index (κ2) is 7.57. The minimum absolute atomic E-state index is 0.0277. The molecule has 0 radical (unpaired) electrons. The second-order valence-electron chi connectivity index (χ2n) is 5.98. The van der Waals surface area contributed by atoms with Crippen molar-refractivity contribution in [2.45, 2.75) is 25.6 Å². The first-order valence-electron chi connectivity index (χ1n) is 7.98. The van der Waals surface area contributed by atoms with Gasteiger partial charge in [0, 0.05) is 19.1 Å². The van der Waals surface area contributed by atoms with E-state index in [-0.39, 0.29) is 11.9 Å². The van der Waals surface area contributed by atoms with Gasteiger partial charge in [0.1, 0.15) is 24.3 Å². The van der Waals surface area contributed by atoms with Gasteiger partial charge in [-0.3, -0.25) is 4.90 Å². The largest absolute Gasteiger partial charge is 0.491 e. The van der Waals surface area contributed by atoms with Crippen LogP contribution in [0.15, 0.2) is 54.6 Å². The Labute approximate surface area is 136 Å². The minimum Gasteiger partial charge on any atom is -0.491 e. The SMILES string of the molecule is C[C@H]1COC(COc2ccc(F)cc2)CN1Cc1ccccc1. The summed E-state index contributed by atoms with van der Waals surface area (Å²) in [6.07, 6.45) is 0.0277. The van der Waals surface area contributed by atoms with Gasteiger partial charge in [-0.25, -0.2) is 4.39 Å². The van der Waals surface area contributed by atoms with E-state index in [9.17, 15) is 4.39 Å². The Kier molecular flexibility index (Phi) is 5.26. The summed E-state index contributed by atoms with van der Waals surface area (Å²) in [5.74, 6) is 0.414. The van der Waals surface area contributed by atoms with Gasteiger partial charge in [0.25, 0.3) is 0 Å². The maximum absolute atomic E-state index is 12.9. The van der Waals surface area contributed by atoms with Gasteiger partial charge in [0.05, 0.1) is 6.61 Å². The van der Waals surface area contributed by atoms with Crippen LogP contribution in [0.4, 0.5) is 4.39 Å². The van der Waals surface area contributed by atoms with E-state index in [1.54, 1.807) is 12.1 Å². The lowest BCUT2D eigenvalue weighted by atomic mass is 10.1. The average molecular weight is 315 g/mol. The molecule has 1 unspecified atom stereocenters. The molecule has 4 heteroatoms. The van der Waals surface area contributed by atoms with E-state index >= 15 is 0 Å². The van der Waals surface area contributed by atoms with Gasteiger partial charge in [0.2, 0.25) is 0 Å². The smallest absolute Gasteiger partial charge is 0.123 e. The van der Waals surface area contributed by atoms with Crippen LogP contribution in [-0.4, -0.2) is 36.8 Å². The highest BCUT2D eigenvalue weighted by atomic mass is 19.1. The zero-order valence-electron chi connectivity index (χ0n) is 13.3. The lowest BCUT2D eigenvalue weighted by Crippen LogP contribution is -2.49. The summed E-state index contributed by atoms with van der Waals surface area (Å²) >= 11 is 0. The summed E-state index contributed by atoms with van der Waals surface area (Å²) in [7, 11) is 0. The predicted molar refractivity (Wildman–Crippen MR) is 87.9 cm³/mol. The number of morpholine rings is 1. The summed E-state index contributed by atoms with van der Waals surface area (Å²) in [6, 6.07) is 16.9. The predicted octanol–water partition coefficient (Wildman–Crippen LogP) is 3.49. The van der Waals surface area contributed by atoms with E-state index in [1.807, 2.05) is 6.07 Å². The number of benzene rings is 2. The summed E-state index contributed by atoms with van der Waals surface area (Å²) in [6.45, 7) is 5.10. The fourth-order valence-corrected chi connectivity index (χ4v) is 2.73. The van der Waals surface area contributed by atoms with Crippen LogP contribution in [0.25, 0.3) is 0 Å². The number of hydrogen-bond acceptors (Lipinski definition) is 3. The quantitative estimate of drug-likeness (QED) is 0.843. The van der Waals surface area contributed by atoms with Gasteiger partial charge in [-0.2, -0.15) is 0 Å². The topological polar surface area (TPSA) is 21.7 Å². The number of ether oxygens (including phenoxy) is 2. The van der Waals surface area contributed by atoms with E-state index in [0.29, 0.717) is 25.0 Å². The lowest BCUT2D eigenvalue weighted by molar-refractivity contribution is -0.0766. The Hall–Kier alpha value is -1.91. The van der Waals surface area contributed by atoms with Gasteiger partial charge in [-0.15, -0.1) is 0 Å². The molecule has 0 bridgehead atoms. The molecule has 23 heavy (non-hydrogen) atoms. The third-order valence-corrected chi connectivity index (χ3v) is 4.11. The Balaban J connectivity index is 1.54. The molecular formula is C19H22FNO2. The van der Waals surface area contributed by atoms with Gasteiger partial charge in [-0.1, -0.05) is 30.3 Å². The van der Waals surface area contributed by atoms with Crippen LogP contribution in [0.1, 0.15) is 12.5 Å². The van der Waals surface area contributed by atoms with Crippen molar-refractivity contribution in [1.29, 1.82) is 0 Å². The second-order valence-corrected chi connectivity index (χ2v) is 5.98. The molecule has 2 atom stereocenters. The summed E-state index contributed by atoms with van der Waals surface area (Å²) in [5, 5.41) is 0. The Morgan fingerprint density at radius 3 is 2.61 bits per heavy atom.